The SMILES string of the molecule is C#CC(=C=O)N1CCCC1. The quantitative estimate of drug-likeness (QED) is 0.384. The standard InChI is InChI=1S/C8H9NO/c1-2-8(7-10)9-5-3-4-6-9/h1H,3-6H2. The maximum atomic E-state index is 10.2. The topological polar surface area (TPSA) is 20.3 Å². The predicted molar refractivity (Wildman–Crippen MR) is 38.8 cm³/mol. The van der Waals surface area contributed by atoms with E-state index in [-0.39, 0.29) is 0 Å². The van der Waals surface area contributed by atoms with Crippen LogP contribution in [0.5, 0.6) is 0 Å². The molecular weight excluding hydrogens is 126 g/mol. The van der Waals surface area contributed by atoms with E-state index < -0.39 is 0 Å². The van der Waals surface area contributed by atoms with Crippen molar-refractivity contribution in [2.45, 2.75) is 12.8 Å². The largest absolute Gasteiger partial charge is 0.356 e. The van der Waals surface area contributed by atoms with Crippen molar-refractivity contribution < 1.29 is 4.79 Å². The molecule has 10 heavy (non-hydrogen) atoms. The van der Waals surface area contributed by atoms with Crippen LogP contribution >= 0.6 is 0 Å². The molecule has 0 N–H and O–H groups in total. The van der Waals surface area contributed by atoms with Crippen LogP contribution in [0.15, 0.2) is 5.70 Å². The van der Waals surface area contributed by atoms with E-state index in [1.165, 1.54) is 0 Å². The number of terminal acetylenes is 1. The fourth-order valence-electron chi connectivity index (χ4n) is 1.13. The molecule has 52 valence electrons. The number of nitrogens with zero attached hydrogens (tertiary/aromatic N) is 1. The van der Waals surface area contributed by atoms with Gasteiger partial charge in [-0.2, -0.15) is 0 Å². The Balaban J connectivity index is 2.64. The molecule has 1 fully saturated rings. The first-order valence-electron chi connectivity index (χ1n) is 3.35. The molecule has 1 aliphatic heterocycles. The minimum absolute atomic E-state index is 0.373. The van der Waals surface area contributed by atoms with E-state index in [2.05, 4.69) is 5.92 Å². The third-order valence-electron chi connectivity index (χ3n) is 1.66. The summed E-state index contributed by atoms with van der Waals surface area (Å²) >= 11 is 0. The summed E-state index contributed by atoms with van der Waals surface area (Å²) in [6, 6.07) is 0. The third-order valence-corrected chi connectivity index (χ3v) is 1.66. The van der Waals surface area contributed by atoms with Crippen LogP contribution in [-0.2, 0) is 4.79 Å². The van der Waals surface area contributed by atoms with Gasteiger partial charge in [0.05, 0.1) is 0 Å². The highest BCUT2D eigenvalue weighted by Gasteiger charge is 2.13. The highest BCUT2D eigenvalue weighted by Crippen LogP contribution is 2.11. The molecule has 1 rings (SSSR count). The van der Waals surface area contributed by atoms with Gasteiger partial charge < -0.3 is 4.90 Å². The van der Waals surface area contributed by atoms with Gasteiger partial charge in [-0.1, -0.05) is 0 Å². The molecule has 0 amide bonds. The molecule has 0 aliphatic carbocycles. The first-order chi connectivity index (χ1) is 4.88. The zero-order valence-corrected chi connectivity index (χ0v) is 5.76. The number of carbonyl (C=O) groups excluding carboxylic acids is 1. The minimum atomic E-state index is 0.373. The van der Waals surface area contributed by atoms with E-state index in [1.54, 1.807) is 5.94 Å². The second-order valence-corrected chi connectivity index (χ2v) is 2.29. The summed E-state index contributed by atoms with van der Waals surface area (Å²) in [5.41, 5.74) is 0.373. The molecule has 1 saturated heterocycles. The molecule has 0 atom stereocenters. The van der Waals surface area contributed by atoms with Gasteiger partial charge in [-0.3, -0.25) is 0 Å². The van der Waals surface area contributed by atoms with Crippen molar-refractivity contribution >= 4 is 5.94 Å². The van der Waals surface area contributed by atoms with Gasteiger partial charge in [0.2, 0.25) is 0 Å². The maximum Gasteiger partial charge on any atom is 0.173 e. The van der Waals surface area contributed by atoms with Crippen LogP contribution in [0.2, 0.25) is 0 Å². The van der Waals surface area contributed by atoms with Gasteiger partial charge in [-0.25, -0.2) is 4.79 Å². The summed E-state index contributed by atoms with van der Waals surface area (Å²) in [5, 5.41) is 0. The molecule has 1 aliphatic rings. The van der Waals surface area contributed by atoms with E-state index in [1.807, 2.05) is 4.90 Å². The third kappa shape index (κ3) is 1.21. The van der Waals surface area contributed by atoms with Crippen LogP contribution in [-0.4, -0.2) is 23.9 Å². The van der Waals surface area contributed by atoms with Gasteiger partial charge in [0.1, 0.15) is 0 Å². The van der Waals surface area contributed by atoms with Gasteiger partial charge >= 0.3 is 0 Å². The van der Waals surface area contributed by atoms with Gasteiger partial charge in [-0.15, -0.1) is 6.42 Å². The van der Waals surface area contributed by atoms with E-state index in [0.717, 1.165) is 25.9 Å². The van der Waals surface area contributed by atoms with Crippen molar-refractivity contribution in [3.63, 3.8) is 0 Å². The van der Waals surface area contributed by atoms with Crippen LogP contribution in [0.4, 0.5) is 0 Å². The summed E-state index contributed by atoms with van der Waals surface area (Å²) in [4.78, 5) is 12.1. The molecular formula is C8H9NO. The summed E-state index contributed by atoms with van der Waals surface area (Å²) in [6.45, 7) is 1.82. The Kier molecular flexibility index (Phi) is 2.15. The Hall–Kier alpha value is -1.19. The second-order valence-electron chi connectivity index (χ2n) is 2.29. The first kappa shape index (κ1) is 6.92. The molecule has 1 heterocycles. The lowest BCUT2D eigenvalue weighted by atomic mass is 10.4. The lowest BCUT2D eigenvalue weighted by molar-refractivity contribution is 0.443. The van der Waals surface area contributed by atoms with E-state index >= 15 is 0 Å². The van der Waals surface area contributed by atoms with Crippen LogP contribution in [0.1, 0.15) is 12.8 Å². The van der Waals surface area contributed by atoms with Crippen LogP contribution in [0.25, 0.3) is 0 Å². The van der Waals surface area contributed by atoms with Crippen molar-refractivity contribution in [1.82, 2.24) is 4.90 Å². The zero-order valence-electron chi connectivity index (χ0n) is 5.76. The van der Waals surface area contributed by atoms with Crippen LogP contribution < -0.4 is 0 Å². The van der Waals surface area contributed by atoms with Crippen LogP contribution in [0, 0.1) is 12.3 Å². The number of hydrogen-bond donors (Lipinski definition) is 0. The Labute approximate surface area is 60.5 Å². The van der Waals surface area contributed by atoms with Crippen LogP contribution in [0.3, 0.4) is 0 Å². The lowest BCUT2D eigenvalue weighted by Gasteiger charge is -2.12. The molecule has 0 aromatic heterocycles. The maximum absolute atomic E-state index is 10.2. The minimum Gasteiger partial charge on any atom is -0.356 e. The highest BCUT2D eigenvalue weighted by atomic mass is 16.1. The molecule has 0 saturated carbocycles. The lowest BCUT2D eigenvalue weighted by Crippen LogP contribution is -2.17. The number of rotatable bonds is 1. The molecule has 0 aromatic rings. The van der Waals surface area contributed by atoms with Gasteiger partial charge in [0, 0.05) is 13.1 Å². The molecule has 0 spiro atoms. The van der Waals surface area contributed by atoms with Gasteiger partial charge in [-0.05, 0) is 18.8 Å². The summed E-state index contributed by atoms with van der Waals surface area (Å²) in [7, 11) is 0. The fraction of sp³-hybridized carbons (Fsp3) is 0.500. The first-order valence-corrected chi connectivity index (χ1v) is 3.35. The Morgan fingerprint density at radius 2 is 2.00 bits per heavy atom. The zero-order chi connectivity index (χ0) is 7.40. The van der Waals surface area contributed by atoms with Crippen molar-refractivity contribution in [1.29, 1.82) is 0 Å². The molecule has 2 nitrogen and oxygen atoms in total. The number of likely N-dealkylation sites (tertiary alicyclic amines) is 1. The Morgan fingerprint density at radius 1 is 1.40 bits per heavy atom. The Morgan fingerprint density at radius 3 is 2.40 bits per heavy atom. The molecule has 0 aromatic carbocycles. The monoisotopic (exact) mass is 135 g/mol. The Bertz CT molecular complexity index is 202. The average molecular weight is 135 g/mol. The van der Waals surface area contributed by atoms with Gasteiger partial charge in [0.25, 0.3) is 0 Å². The van der Waals surface area contributed by atoms with E-state index in [9.17, 15) is 4.79 Å². The van der Waals surface area contributed by atoms with E-state index in [0.29, 0.717) is 5.70 Å². The summed E-state index contributed by atoms with van der Waals surface area (Å²) in [5.74, 6) is 4.06. The second kappa shape index (κ2) is 3.10. The van der Waals surface area contributed by atoms with E-state index in [4.69, 9.17) is 6.42 Å². The van der Waals surface area contributed by atoms with Crippen molar-refractivity contribution in [3.8, 4) is 12.3 Å². The van der Waals surface area contributed by atoms with Crippen molar-refractivity contribution in [3.05, 3.63) is 5.70 Å². The predicted octanol–water partition coefficient (Wildman–Crippen LogP) is 0.431. The molecule has 0 radical (unpaired) electrons. The summed E-state index contributed by atoms with van der Waals surface area (Å²) in [6.07, 6.45) is 7.34. The van der Waals surface area contributed by atoms with Gasteiger partial charge in [0.15, 0.2) is 11.6 Å². The number of allylic oxidation sites excluding steroid dienone is 1. The highest BCUT2D eigenvalue weighted by molar-refractivity contribution is 5.58. The van der Waals surface area contributed by atoms with Crippen molar-refractivity contribution in [2.24, 2.45) is 0 Å². The molecule has 0 bridgehead atoms. The smallest absolute Gasteiger partial charge is 0.173 e. The molecule has 2 heteroatoms. The van der Waals surface area contributed by atoms with Crippen molar-refractivity contribution in [2.75, 3.05) is 13.1 Å². The fourth-order valence-corrected chi connectivity index (χ4v) is 1.13. The normalized spacial score (nSPS) is 16.1. The average Bonchev–Trinajstić information content (AvgIpc) is 2.43. The molecule has 0 unspecified atom stereocenters. The summed E-state index contributed by atoms with van der Waals surface area (Å²) < 4.78 is 0. The number of hydrogen-bond acceptors (Lipinski definition) is 2.